The third-order valence-electron chi connectivity index (χ3n) is 5.37. The first-order valence-electron chi connectivity index (χ1n) is 10.7. The van der Waals surface area contributed by atoms with Gasteiger partial charge in [-0.15, -0.1) is 6.58 Å². The highest BCUT2D eigenvalue weighted by Crippen LogP contribution is 2.27. The van der Waals surface area contributed by atoms with Crippen molar-refractivity contribution in [3.63, 3.8) is 0 Å². The van der Waals surface area contributed by atoms with Gasteiger partial charge in [0.15, 0.2) is 5.78 Å². The molecule has 0 saturated carbocycles. The highest BCUT2D eigenvalue weighted by molar-refractivity contribution is 6.13. The van der Waals surface area contributed by atoms with Gasteiger partial charge >= 0.3 is 0 Å². The number of carbonyl (C=O) groups is 1. The number of Topliss-reactive ketones (excluding diaryl/α,β-unsaturated/α-hetero) is 1. The summed E-state index contributed by atoms with van der Waals surface area (Å²) in [5, 5.41) is 0. The van der Waals surface area contributed by atoms with Crippen LogP contribution in [0.15, 0.2) is 127 Å². The lowest BCUT2D eigenvalue weighted by atomic mass is 9.87. The molecule has 0 bridgehead atoms. The number of nitrogens with zero attached hydrogens (tertiary/aromatic N) is 2. The third kappa shape index (κ3) is 5.18. The molecule has 0 amide bonds. The van der Waals surface area contributed by atoms with Gasteiger partial charge in [0.05, 0.1) is 23.4 Å². The van der Waals surface area contributed by atoms with E-state index in [1.54, 1.807) is 18.3 Å². The van der Waals surface area contributed by atoms with Crippen molar-refractivity contribution in [2.24, 2.45) is 4.99 Å². The standard InChI is InChI=1S/C29H23FN2O/c1-2-25(32-28(21-11-5-3-6-12-21)22-13-7-4-8-14-22)27(26-15-9-10-20-31-26)29(33)23-16-18-24(30)19-17-23/h2-20,25,27H,1H2/t25-,27-/m0/s1. The molecule has 0 saturated heterocycles. The van der Waals surface area contributed by atoms with Gasteiger partial charge in [-0.05, 0) is 36.4 Å². The zero-order valence-corrected chi connectivity index (χ0v) is 18.0. The number of hydrogen-bond acceptors (Lipinski definition) is 3. The molecular weight excluding hydrogens is 411 g/mol. The summed E-state index contributed by atoms with van der Waals surface area (Å²) in [6, 6.07) is 30.1. The molecule has 0 N–H and O–H groups in total. The SMILES string of the molecule is C=C[C@H](N=C(c1ccccc1)c1ccccc1)[C@H](C(=O)c1ccc(F)cc1)c1ccccn1. The van der Waals surface area contributed by atoms with Crippen LogP contribution in [0.25, 0.3) is 0 Å². The van der Waals surface area contributed by atoms with Crippen LogP contribution in [0.4, 0.5) is 4.39 Å². The smallest absolute Gasteiger partial charge is 0.174 e. The maximum Gasteiger partial charge on any atom is 0.174 e. The van der Waals surface area contributed by atoms with Crippen LogP contribution in [0.1, 0.15) is 33.1 Å². The summed E-state index contributed by atoms with van der Waals surface area (Å²) >= 11 is 0. The van der Waals surface area contributed by atoms with Crippen LogP contribution in [0.2, 0.25) is 0 Å². The molecule has 0 fully saturated rings. The number of benzene rings is 3. The quantitative estimate of drug-likeness (QED) is 0.186. The Bertz CT molecular complexity index is 1200. The summed E-state index contributed by atoms with van der Waals surface area (Å²) < 4.78 is 13.5. The second kappa shape index (κ2) is 10.4. The highest BCUT2D eigenvalue weighted by atomic mass is 19.1. The molecule has 0 aliphatic heterocycles. The van der Waals surface area contributed by atoms with Gasteiger partial charge in [-0.1, -0.05) is 72.8 Å². The van der Waals surface area contributed by atoms with Gasteiger partial charge in [0.1, 0.15) is 5.82 Å². The largest absolute Gasteiger partial charge is 0.293 e. The van der Waals surface area contributed by atoms with Crippen LogP contribution >= 0.6 is 0 Å². The van der Waals surface area contributed by atoms with E-state index in [2.05, 4.69) is 11.6 Å². The van der Waals surface area contributed by atoms with Crippen molar-refractivity contribution < 1.29 is 9.18 Å². The van der Waals surface area contributed by atoms with E-state index < -0.39 is 17.8 Å². The van der Waals surface area contributed by atoms with Crippen LogP contribution in [-0.2, 0) is 0 Å². The first-order valence-corrected chi connectivity index (χ1v) is 10.7. The van der Waals surface area contributed by atoms with Crippen LogP contribution in [0.5, 0.6) is 0 Å². The van der Waals surface area contributed by atoms with Crippen molar-refractivity contribution >= 4 is 11.5 Å². The summed E-state index contributed by atoms with van der Waals surface area (Å²) in [6.45, 7) is 3.99. The van der Waals surface area contributed by atoms with E-state index in [-0.39, 0.29) is 5.78 Å². The maximum atomic E-state index is 13.6. The maximum absolute atomic E-state index is 13.6. The van der Waals surface area contributed by atoms with E-state index in [0.717, 1.165) is 16.8 Å². The van der Waals surface area contributed by atoms with Gasteiger partial charge in [-0.25, -0.2) is 4.39 Å². The Morgan fingerprint density at radius 1 is 0.788 bits per heavy atom. The third-order valence-corrected chi connectivity index (χ3v) is 5.37. The molecular formula is C29H23FN2O. The summed E-state index contributed by atoms with van der Waals surface area (Å²) in [6.07, 6.45) is 3.33. The van der Waals surface area contributed by atoms with Crippen molar-refractivity contribution in [2.75, 3.05) is 0 Å². The van der Waals surface area contributed by atoms with Gasteiger partial charge in [0.2, 0.25) is 0 Å². The Morgan fingerprint density at radius 2 is 1.36 bits per heavy atom. The minimum absolute atomic E-state index is 0.192. The first-order chi connectivity index (χ1) is 16.2. The normalized spacial score (nSPS) is 12.4. The molecule has 4 heteroatoms. The number of carbonyl (C=O) groups excluding carboxylic acids is 1. The minimum Gasteiger partial charge on any atom is -0.293 e. The Balaban J connectivity index is 1.85. The van der Waals surface area contributed by atoms with Crippen LogP contribution < -0.4 is 0 Å². The molecule has 3 nitrogen and oxygen atoms in total. The van der Waals surface area contributed by atoms with E-state index in [1.807, 2.05) is 72.8 Å². The average molecular weight is 435 g/mol. The molecule has 0 radical (unpaired) electrons. The summed E-state index contributed by atoms with van der Waals surface area (Å²) in [5.74, 6) is -1.30. The van der Waals surface area contributed by atoms with E-state index in [9.17, 15) is 9.18 Å². The second-order valence-corrected chi connectivity index (χ2v) is 7.54. The van der Waals surface area contributed by atoms with Crippen LogP contribution in [-0.4, -0.2) is 22.5 Å². The molecule has 0 spiro atoms. The molecule has 0 aliphatic rings. The number of hydrogen-bond donors (Lipinski definition) is 0. The van der Waals surface area contributed by atoms with Gasteiger partial charge in [0, 0.05) is 22.9 Å². The molecule has 4 rings (SSSR count). The number of aliphatic imine (C=N–C) groups is 1. The van der Waals surface area contributed by atoms with Crippen LogP contribution in [0.3, 0.4) is 0 Å². The Kier molecular flexibility index (Phi) is 6.96. The molecule has 33 heavy (non-hydrogen) atoms. The number of pyridine rings is 1. The van der Waals surface area contributed by atoms with Crippen molar-refractivity contribution in [1.82, 2.24) is 4.98 Å². The topological polar surface area (TPSA) is 42.3 Å². The fourth-order valence-electron chi connectivity index (χ4n) is 3.74. The number of aromatic nitrogens is 1. The molecule has 1 heterocycles. The monoisotopic (exact) mass is 434 g/mol. The molecule has 0 unspecified atom stereocenters. The van der Waals surface area contributed by atoms with Crippen LogP contribution in [0, 0.1) is 5.82 Å². The molecule has 4 aromatic rings. The summed E-state index contributed by atoms with van der Waals surface area (Å²) in [5.41, 5.74) is 3.61. The lowest BCUT2D eigenvalue weighted by molar-refractivity contribution is 0.0952. The number of rotatable bonds is 8. The second-order valence-electron chi connectivity index (χ2n) is 7.54. The molecule has 2 atom stereocenters. The first kappa shape index (κ1) is 22.0. The molecule has 1 aromatic heterocycles. The Labute approximate surface area is 193 Å². The van der Waals surface area contributed by atoms with Crippen molar-refractivity contribution in [1.29, 1.82) is 0 Å². The van der Waals surface area contributed by atoms with Gasteiger partial charge in [-0.3, -0.25) is 14.8 Å². The zero-order valence-electron chi connectivity index (χ0n) is 18.0. The van der Waals surface area contributed by atoms with Gasteiger partial charge in [0.25, 0.3) is 0 Å². The predicted molar refractivity (Wildman–Crippen MR) is 130 cm³/mol. The number of ketones is 1. The van der Waals surface area contributed by atoms with E-state index >= 15 is 0 Å². The summed E-state index contributed by atoms with van der Waals surface area (Å²) in [7, 11) is 0. The fraction of sp³-hybridized carbons (Fsp3) is 0.0690. The van der Waals surface area contributed by atoms with Crippen molar-refractivity contribution in [3.05, 3.63) is 150 Å². The number of halogens is 1. The summed E-state index contributed by atoms with van der Waals surface area (Å²) in [4.78, 5) is 23.1. The highest BCUT2D eigenvalue weighted by Gasteiger charge is 2.30. The van der Waals surface area contributed by atoms with E-state index in [0.29, 0.717) is 11.3 Å². The molecule has 162 valence electrons. The Hall–Kier alpha value is -4.18. The van der Waals surface area contributed by atoms with Gasteiger partial charge < -0.3 is 0 Å². The minimum atomic E-state index is -0.711. The average Bonchev–Trinajstić information content (AvgIpc) is 2.88. The fourth-order valence-corrected chi connectivity index (χ4v) is 3.74. The molecule has 0 aliphatic carbocycles. The van der Waals surface area contributed by atoms with Crippen molar-refractivity contribution in [2.45, 2.75) is 12.0 Å². The lowest BCUT2D eigenvalue weighted by Gasteiger charge is -2.22. The predicted octanol–water partition coefficient (Wildman–Crippen LogP) is 6.28. The van der Waals surface area contributed by atoms with E-state index in [4.69, 9.17) is 4.99 Å². The lowest BCUT2D eigenvalue weighted by Crippen LogP contribution is -2.26. The Morgan fingerprint density at radius 3 is 1.88 bits per heavy atom. The molecule has 3 aromatic carbocycles. The zero-order chi connectivity index (χ0) is 23.0. The van der Waals surface area contributed by atoms with E-state index in [1.165, 1.54) is 24.3 Å². The van der Waals surface area contributed by atoms with Gasteiger partial charge in [-0.2, -0.15) is 0 Å². The van der Waals surface area contributed by atoms with Crippen molar-refractivity contribution in [3.8, 4) is 0 Å².